The highest BCUT2D eigenvalue weighted by Gasteiger charge is 2.24. The Labute approximate surface area is 151 Å². The fourth-order valence-corrected chi connectivity index (χ4v) is 3.36. The molecule has 1 saturated heterocycles. The van der Waals surface area contributed by atoms with Gasteiger partial charge in [-0.05, 0) is 24.5 Å². The molecule has 0 unspecified atom stereocenters. The van der Waals surface area contributed by atoms with Crippen LogP contribution in [0.1, 0.15) is 28.8 Å². The minimum absolute atomic E-state index is 0.0339. The number of carbonyl (C=O) groups excluding carboxylic acids is 1. The number of hydrogen-bond acceptors (Lipinski definition) is 4. The Morgan fingerprint density at radius 1 is 1.19 bits per heavy atom. The molecule has 1 aromatic carbocycles. The zero-order valence-electron chi connectivity index (χ0n) is 14.4. The molecule has 4 rings (SSSR count). The van der Waals surface area contributed by atoms with Gasteiger partial charge < -0.3 is 9.47 Å². The van der Waals surface area contributed by atoms with Gasteiger partial charge in [0.2, 0.25) is 0 Å². The second kappa shape index (κ2) is 6.96. The number of fused-ring (bicyclic) bond motifs is 1. The molecule has 0 bridgehead atoms. The number of carbonyl (C=O) groups is 1. The zero-order chi connectivity index (χ0) is 17.9. The molecule has 2 aromatic heterocycles. The number of benzene rings is 1. The molecule has 6 heteroatoms. The summed E-state index contributed by atoms with van der Waals surface area (Å²) in [6, 6.07) is 14.2. The van der Waals surface area contributed by atoms with Crippen molar-refractivity contribution >= 4 is 17.1 Å². The van der Waals surface area contributed by atoms with Gasteiger partial charge in [0, 0.05) is 25.2 Å². The van der Waals surface area contributed by atoms with Crippen molar-refractivity contribution in [2.75, 3.05) is 13.1 Å². The quantitative estimate of drug-likeness (QED) is 0.731. The molecule has 1 aliphatic rings. The third-order valence-electron chi connectivity index (χ3n) is 4.86. The van der Waals surface area contributed by atoms with Crippen molar-refractivity contribution < 1.29 is 4.79 Å². The van der Waals surface area contributed by atoms with E-state index in [4.69, 9.17) is 5.26 Å². The molecular weight excluding hydrogens is 326 g/mol. The van der Waals surface area contributed by atoms with Crippen LogP contribution in [0.4, 0.5) is 0 Å². The van der Waals surface area contributed by atoms with E-state index in [0.717, 1.165) is 24.0 Å². The lowest BCUT2D eigenvalue weighted by atomic mass is 9.98. The molecule has 130 valence electrons. The van der Waals surface area contributed by atoms with Gasteiger partial charge in [0.15, 0.2) is 5.65 Å². The van der Waals surface area contributed by atoms with Crippen LogP contribution in [0.25, 0.3) is 11.2 Å². The van der Waals surface area contributed by atoms with Gasteiger partial charge in [-0.3, -0.25) is 4.79 Å². The van der Waals surface area contributed by atoms with E-state index in [2.05, 4.69) is 28.2 Å². The Balaban J connectivity index is 1.53. The molecule has 3 heterocycles. The number of hydrogen-bond donors (Lipinski definition) is 0. The van der Waals surface area contributed by atoms with Crippen LogP contribution < -0.4 is 0 Å². The summed E-state index contributed by atoms with van der Waals surface area (Å²) in [4.78, 5) is 23.4. The highest BCUT2D eigenvalue weighted by molar-refractivity contribution is 5.96. The number of aromatic nitrogens is 3. The maximum Gasteiger partial charge on any atom is 0.255 e. The zero-order valence-corrected chi connectivity index (χ0v) is 14.4. The predicted octanol–water partition coefficient (Wildman–Crippen LogP) is 2.86. The standard InChI is InChI=1S/C20H19N5O/c21-11-15-6-8-24(9-7-15)20(26)17-10-18-19(22-12-17)25(14-23-18)13-16-4-2-1-3-5-16/h1-5,10,12,14-15H,6-9,13H2. The molecular formula is C20H19N5O. The molecule has 0 spiro atoms. The summed E-state index contributed by atoms with van der Waals surface area (Å²) in [5.74, 6) is 0.0294. The number of imidazole rings is 1. The lowest BCUT2D eigenvalue weighted by Crippen LogP contribution is -2.38. The van der Waals surface area contributed by atoms with Gasteiger partial charge in [-0.15, -0.1) is 0 Å². The fourth-order valence-electron chi connectivity index (χ4n) is 3.36. The SMILES string of the molecule is N#CC1CCN(C(=O)c2cnc3c(c2)ncn3Cc2ccccc2)CC1. The summed E-state index contributed by atoms with van der Waals surface area (Å²) >= 11 is 0. The smallest absolute Gasteiger partial charge is 0.255 e. The lowest BCUT2D eigenvalue weighted by Gasteiger charge is -2.29. The molecule has 3 aromatic rings. The van der Waals surface area contributed by atoms with Crippen molar-refractivity contribution in [2.45, 2.75) is 19.4 Å². The summed E-state index contributed by atoms with van der Waals surface area (Å²) in [7, 11) is 0. The molecule has 6 nitrogen and oxygen atoms in total. The van der Waals surface area contributed by atoms with Crippen LogP contribution >= 0.6 is 0 Å². The normalized spacial score (nSPS) is 15.1. The summed E-state index contributed by atoms with van der Waals surface area (Å²) < 4.78 is 1.98. The van der Waals surface area contributed by atoms with Crippen molar-refractivity contribution in [3.8, 4) is 6.07 Å². The van der Waals surface area contributed by atoms with E-state index in [-0.39, 0.29) is 11.8 Å². The molecule has 1 aliphatic heterocycles. The van der Waals surface area contributed by atoms with E-state index in [1.165, 1.54) is 5.56 Å². The first kappa shape index (κ1) is 16.3. The van der Waals surface area contributed by atoms with E-state index in [1.807, 2.05) is 28.8 Å². The molecule has 0 atom stereocenters. The van der Waals surface area contributed by atoms with Crippen LogP contribution in [0.15, 0.2) is 48.9 Å². The summed E-state index contributed by atoms with van der Waals surface area (Å²) in [6.07, 6.45) is 4.87. The van der Waals surface area contributed by atoms with Gasteiger partial charge in [0.1, 0.15) is 5.52 Å². The second-order valence-corrected chi connectivity index (χ2v) is 6.62. The first-order valence-corrected chi connectivity index (χ1v) is 8.78. The van der Waals surface area contributed by atoms with Gasteiger partial charge >= 0.3 is 0 Å². The highest BCUT2D eigenvalue weighted by atomic mass is 16.2. The number of rotatable bonds is 3. The Morgan fingerprint density at radius 3 is 2.69 bits per heavy atom. The maximum atomic E-state index is 12.7. The number of likely N-dealkylation sites (tertiary alicyclic amines) is 1. The van der Waals surface area contributed by atoms with E-state index in [0.29, 0.717) is 25.2 Å². The first-order chi connectivity index (χ1) is 12.7. The van der Waals surface area contributed by atoms with Gasteiger partial charge in [-0.25, -0.2) is 9.97 Å². The van der Waals surface area contributed by atoms with Gasteiger partial charge in [0.05, 0.1) is 24.5 Å². The maximum absolute atomic E-state index is 12.7. The second-order valence-electron chi connectivity index (χ2n) is 6.62. The molecule has 1 amide bonds. The number of nitriles is 1. The molecule has 0 aliphatic carbocycles. The van der Waals surface area contributed by atoms with Crippen LogP contribution in [0.5, 0.6) is 0 Å². The van der Waals surface area contributed by atoms with E-state index in [1.54, 1.807) is 17.4 Å². The van der Waals surface area contributed by atoms with Crippen molar-refractivity contribution in [1.82, 2.24) is 19.4 Å². The number of nitrogens with zero attached hydrogens (tertiary/aromatic N) is 5. The van der Waals surface area contributed by atoms with Crippen LogP contribution in [0.2, 0.25) is 0 Å². The van der Waals surface area contributed by atoms with Crippen molar-refractivity contribution in [1.29, 1.82) is 5.26 Å². The van der Waals surface area contributed by atoms with Crippen molar-refractivity contribution in [2.24, 2.45) is 5.92 Å². The molecule has 0 N–H and O–H groups in total. The molecule has 0 saturated carbocycles. The average Bonchev–Trinajstić information content (AvgIpc) is 3.10. The summed E-state index contributed by atoms with van der Waals surface area (Å²) in [5, 5.41) is 8.99. The van der Waals surface area contributed by atoms with E-state index < -0.39 is 0 Å². The highest BCUT2D eigenvalue weighted by Crippen LogP contribution is 2.20. The summed E-state index contributed by atoms with van der Waals surface area (Å²) in [6.45, 7) is 1.94. The minimum atomic E-state index is -0.0339. The lowest BCUT2D eigenvalue weighted by molar-refractivity contribution is 0.0707. The molecule has 26 heavy (non-hydrogen) atoms. The van der Waals surface area contributed by atoms with Crippen molar-refractivity contribution in [3.63, 3.8) is 0 Å². The summed E-state index contributed by atoms with van der Waals surface area (Å²) in [5.41, 5.74) is 3.22. The Bertz CT molecular complexity index is 965. The number of pyridine rings is 1. The van der Waals surface area contributed by atoms with Gasteiger partial charge in [-0.1, -0.05) is 30.3 Å². The average molecular weight is 345 g/mol. The van der Waals surface area contributed by atoms with Gasteiger partial charge in [-0.2, -0.15) is 5.26 Å². The van der Waals surface area contributed by atoms with E-state index in [9.17, 15) is 4.79 Å². The Kier molecular flexibility index (Phi) is 4.36. The Morgan fingerprint density at radius 2 is 1.96 bits per heavy atom. The fraction of sp³-hybridized carbons (Fsp3) is 0.300. The number of piperidine rings is 1. The third kappa shape index (κ3) is 3.16. The van der Waals surface area contributed by atoms with Gasteiger partial charge in [0.25, 0.3) is 5.91 Å². The van der Waals surface area contributed by atoms with Crippen molar-refractivity contribution in [3.05, 3.63) is 60.0 Å². The third-order valence-corrected chi connectivity index (χ3v) is 4.86. The van der Waals surface area contributed by atoms with Crippen LogP contribution in [-0.2, 0) is 6.54 Å². The predicted molar refractivity (Wildman–Crippen MR) is 97.3 cm³/mol. The van der Waals surface area contributed by atoms with Crippen LogP contribution in [0, 0.1) is 17.2 Å². The Hall–Kier alpha value is -3.20. The van der Waals surface area contributed by atoms with Crippen LogP contribution in [0.3, 0.4) is 0 Å². The monoisotopic (exact) mass is 345 g/mol. The number of amides is 1. The van der Waals surface area contributed by atoms with Crippen LogP contribution in [-0.4, -0.2) is 38.4 Å². The first-order valence-electron chi connectivity index (χ1n) is 8.78. The topological polar surface area (TPSA) is 74.8 Å². The van der Waals surface area contributed by atoms with E-state index >= 15 is 0 Å². The molecule has 1 fully saturated rings. The minimum Gasteiger partial charge on any atom is -0.339 e. The largest absolute Gasteiger partial charge is 0.339 e. The molecule has 0 radical (unpaired) electrons.